The highest BCUT2D eigenvalue weighted by Crippen LogP contribution is 2.28. The Balaban J connectivity index is 2.33. The Labute approximate surface area is 129 Å². The Morgan fingerprint density at radius 3 is 2.70 bits per heavy atom. The normalized spacial score (nSPS) is 22.9. The third kappa shape index (κ3) is 3.31. The minimum absolute atomic E-state index is 0.0311. The fraction of sp³-hybridized carbons (Fsp3) is 0.462. The van der Waals surface area contributed by atoms with E-state index < -0.39 is 10.0 Å². The average molecular weight is 333 g/mol. The van der Waals surface area contributed by atoms with Crippen molar-refractivity contribution in [2.45, 2.75) is 37.1 Å². The summed E-state index contributed by atoms with van der Waals surface area (Å²) in [5.41, 5.74) is 6.02. The molecule has 0 heterocycles. The van der Waals surface area contributed by atoms with Crippen LogP contribution in [0, 0.1) is 5.92 Å². The number of thiocarbonyl (C=S) groups is 1. The zero-order valence-electron chi connectivity index (χ0n) is 11.1. The van der Waals surface area contributed by atoms with Gasteiger partial charge >= 0.3 is 0 Å². The molecule has 1 fully saturated rings. The fourth-order valence-corrected chi connectivity index (χ4v) is 4.48. The van der Waals surface area contributed by atoms with E-state index in [1.807, 2.05) is 6.92 Å². The lowest BCUT2D eigenvalue weighted by Crippen LogP contribution is -2.36. The van der Waals surface area contributed by atoms with Crippen LogP contribution >= 0.6 is 23.8 Å². The van der Waals surface area contributed by atoms with Crippen LogP contribution in [0.2, 0.25) is 5.02 Å². The minimum atomic E-state index is -3.66. The molecule has 20 heavy (non-hydrogen) atoms. The molecular formula is C13H17ClN2O2S2. The van der Waals surface area contributed by atoms with E-state index in [0.29, 0.717) is 11.5 Å². The molecule has 0 spiro atoms. The zero-order valence-corrected chi connectivity index (χ0v) is 13.5. The maximum absolute atomic E-state index is 12.4. The molecule has 0 bridgehead atoms. The van der Waals surface area contributed by atoms with Gasteiger partial charge in [0.25, 0.3) is 0 Å². The maximum atomic E-state index is 12.4. The Hall–Kier alpha value is -0.690. The van der Waals surface area contributed by atoms with Crippen LogP contribution in [0.25, 0.3) is 0 Å². The molecule has 0 aromatic heterocycles. The highest BCUT2D eigenvalue weighted by Gasteiger charge is 2.29. The first-order chi connectivity index (χ1) is 9.31. The van der Waals surface area contributed by atoms with Crippen molar-refractivity contribution in [3.63, 3.8) is 0 Å². The van der Waals surface area contributed by atoms with Gasteiger partial charge in [-0.3, -0.25) is 0 Å². The molecule has 0 saturated heterocycles. The summed E-state index contributed by atoms with van der Waals surface area (Å²) in [5.74, 6) is 0.335. The van der Waals surface area contributed by atoms with Gasteiger partial charge in [-0.15, -0.1) is 0 Å². The van der Waals surface area contributed by atoms with Gasteiger partial charge in [-0.1, -0.05) is 43.2 Å². The van der Waals surface area contributed by atoms with Crippen LogP contribution < -0.4 is 10.5 Å². The number of nitrogens with two attached hydrogens (primary N) is 1. The standard InChI is InChI=1S/C13H17ClN2O2S2/c1-8-3-2-4-11(8)16-20(17,18)12-7-9(13(15)19)5-6-10(12)14/h5-8,11,16H,2-4H2,1H3,(H2,15,19). The summed E-state index contributed by atoms with van der Waals surface area (Å²) >= 11 is 10.9. The summed E-state index contributed by atoms with van der Waals surface area (Å²) < 4.78 is 27.6. The van der Waals surface area contributed by atoms with E-state index >= 15 is 0 Å². The van der Waals surface area contributed by atoms with Crippen LogP contribution in [0.4, 0.5) is 0 Å². The van der Waals surface area contributed by atoms with E-state index in [0.717, 1.165) is 19.3 Å². The summed E-state index contributed by atoms with van der Waals surface area (Å²) in [5, 5.41) is 0.170. The number of hydrogen-bond donors (Lipinski definition) is 2. The van der Waals surface area contributed by atoms with Gasteiger partial charge in [0.2, 0.25) is 10.0 Å². The zero-order chi connectivity index (χ0) is 14.9. The van der Waals surface area contributed by atoms with E-state index in [-0.39, 0.29) is 20.9 Å². The third-order valence-corrected chi connectivity index (χ3v) is 5.88. The molecule has 4 nitrogen and oxygen atoms in total. The van der Waals surface area contributed by atoms with Gasteiger partial charge in [0.15, 0.2) is 0 Å². The van der Waals surface area contributed by atoms with Gasteiger partial charge in [-0.25, -0.2) is 13.1 Å². The SMILES string of the molecule is CC1CCCC1NS(=O)(=O)c1cc(C(N)=S)ccc1Cl. The monoisotopic (exact) mass is 332 g/mol. The van der Waals surface area contributed by atoms with Crippen molar-refractivity contribution in [2.75, 3.05) is 0 Å². The second-order valence-corrected chi connectivity index (χ2v) is 7.67. The van der Waals surface area contributed by atoms with E-state index in [9.17, 15) is 8.42 Å². The Morgan fingerprint density at radius 1 is 1.45 bits per heavy atom. The summed E-state index contributed by atoms with van der Waals surface area (Å²) in [6.07, 6.45) is 2.93. The molecule has 2 unspecified atom stereocenters. The number of rotatable bonds is 4. The first-order valence-corrected chi connectivity index (χ1v) is 8.70. The number of nitrogens with one attached hydrogen (secondary N) is 1. The smallest absolute Gasteiger partial charge is 0.242 e. The Bertz CT molecular complexity index is 631. The first kappa shape index (κ1) is 15.7. The van der Waals surface area contributed by atoms with E-state index in [2.05, 4.69) is 4.72 Å². The van der Waals surface area contributed by atoms with Gasteiger partial charge in [0.1, 0.15) is 9.88 Å². The minimum Gasteiger partial charge on any atom is -0.389 e. The fourth-order valence-electron chi connectivity index (χ4n) is 2.45. The number of sulfonamides is 1. The highest BCUT2D eigenvalue weighted by atomic mass is 35.5. The lowest BCUT2D eigenvalue weighted by molar-refractivity contribution is 0.476. The molecule has 2 rings (SSSR count). The number of halogens is 1. The quantitative estimate of drug-likeness (QED) is 0.831. The largest absolute Gasteiger partial charge is 0.389 e. The molecule has 1 aliphatic rings. The molecule has 1 aromatic rings. The van der Waals surface area contributed by atoms with Crippen LogP contribution in [0.15, 0.2) is 23.1 Å². The Morgan fingerprint density at radius 2 is 2.15 bits per heavy atom. The molecule has 0 amide bonds. The lowest BCUT2D eigenvalue weighted by Gasteiger charge is -2.18. The summed E-state index contributed by atoms with van der Waals surface area (Å²) in [7, 11) is -3.66. The van der Waals surface area contributed by atoms with Crippen molar-refractivity contribution in [1.29, 1.82) is 0 Å². The van der Waals surface area contributed by atoms with Crippen molar-refractivity contribution in [3.05, 3.63) is 28.8 Å². The van der Waals surface area contributed by atoms with Gasteiger partial charge in [0, 0.05) is 11.6 Å². The van der Waals surface area contributed by atoms with Crippen LogP contribution in [-0.2, 0) is 10.0 Å². The second kappa shape index (κ2) is 5.97. The van der Waals surface area contributed by atoms with Gasteiger partial charge < -0.3 is 5.73 Å². The van der Waals surface area contributed by atoms with Crippen molar-refractivity contribution < 1.29 is 8.42 Å². The summed E-state index contributed by atoms with van der Waals surface area (Å²) in [6.45, 7) is 2.05. The van der Waals surface area contributed by atoms with Crippen LogP contribution in [0.3, 0.4) is 0 Å². The molecule has 0 aliphatic heterocycles. The second-order valence-electron chi connectivity index (χ2n) is 5.15. The molecule has 7 heteroatoms. The Kier molecular flexibility index (Phi) is 4.69. The van der Waals surface area contributed by atoms with Crippen LogP contribution in [0.1, 0.15) is 31.7 Å². The lowest BCUT2D eigenvalue weighted by atomic mass is 10.1. The van der Waals surface area contributed by atoms with Crippen LogP contribution in [0.5, 0.6) is 0 Å². The number of benzene rings is 1. The summed E-state index contributed by atoms with van der Waals surface area (Å²) in [6, 6.07) is 4.50. The van der Waals surface area contributed by atoms with Crippen molar-refractivity contribution >= 4 is 38.8 Å². The van der Waals surface area contributed by atoms with E-state index in [1.54, 1.807) is 6.07 Å². The van der Waals surface area contributed by atoms with Crippen molar-refractivity contribution in [3.8, 4) is 0 Å². The highest BCUT2D eigenvalue weighted by molar-refractivity contribution is 7.89. The molecule has 2 atom stereocenters. The molecule has 110 valence electrons. The molecular weight excluding hydrogens is 316 g/mol. The van der Waals surface area contributed by atoms with Crippen molar-refractivity contribution in [1.82, 2.24) is 4.72 Å². The number of hydrogen-bond acceptors (Lipinski definition) is 3. The predicted octanol–water partition coefficient (Wildman–Crippen LogP) is 2.44. The maximum Gasteiger partial charge on any atom is 0.242 e. The molecule has 0 radical (unpaired) electrons. The first-order valence-electron chi connectivity index (χ1n) is 6.43. The van der Waals surface area contributed by atoms with E-state index in [4.69, 9.17) is 29.6 Å². The topological polar surface area (TPSA) is 72.2 Å². The molecule has 1 saturated carbocycles. The third-order valence-electron chi connectivity index (χ3n) is 3.67. The molecule has 1 aliphatic carbocycles. The van der Waals surface area contributed by atoms with Gasteiger partial charge in [-0.2, -0.15) is 0 Å². The van der Waals surface area contributed by atoms with Gasteiger partial charge in [-0.05, 0) is 30.9 Å². The molecule has 3 N–H and O–H groups in total. The molecule has 1 aromatic carbocycles. The average Bonchev–Trinajstić information content (AvgIpc) is 2.74. The van der Waals surface area contributed by atoms with Crippen LogP contribution in [-0.4, -0.2) is 19.4 Å². The van der Waals surface area contributed by atoms with E-state index in [1.165, 1.54) is 12.1 Å². The summed E-state index contributed by atoms with van der Waals surface area (Å²) in [4.78, 5) is 0.177. The predicted molar refractivity (Wildman–Crippen MR) is 84.5 cm³/mol. The van der Waals surface area contributed by atoms with Gasteiger partial charge in [0.05, 0.1) is 5.02 Å². The van der Waals surface area contributed by atoms with Crippen molar-refractivity contribution in [2.24, 2.45) is 11.7 Å².